The Hall–Kier alpha value is -1.14. The van der Waals surface area contributed by atoms with Crippen molar-refractivity contribution in [2.75, 3.05) is 13.2 Å². The molecule has 0 spiro atoms. The van der Waals surface area contributed by atoms with Gasteiger partial charge in [-0.25, -0.2) is 0 Å². The molecular weight excluding hydrogens is 803 g/mol. The summed E-state index contributed by atoms with van der Waals surface area (Å²) in [6.07, 6.45) is 63.8. The van der Waals surface area contributed by atoms with Gasteiger partial charge in [-0.2, -0.15) is 0 Å². The number of amides is 1. The van der Waals surface area contributed by atoms with Crippen molar-refractivity contribution < 1.29 is 24.5 Å². The molecule has 0 heterocycles. The average molecular weight is 921 g/mol. The molecule has 0 bridgehead atoms. The molecule has 65 heavy (non-hydrogen) atoms. The van der Waals surface area contributed by atoms with Crippen LogP contribution in [-0.2, 0) is 14.3 Å². The zero-order valence-corrected chi connectivity index (χ0v) is 44.3. The Bertz CT molecular complexity index is 928. The van der Waals surface area contributed by atoms with Crippen molar-refractivity contribution in [3.05, 3.63) is 0 Å². The first kappa shape index (κ1) is 63.9. The quantitative estimate of drug-likeness (QED) is 0.0417. The predicted molar refractivity (Wildman–Crippen MR) is 283 cm³/mol. The lowest BCUT2D eigenvalue weighted by Gasteiger charge is -2.22. The molecule has 0 aromatic rings. The Morgan fingerprint density at radius 2 is 0.631 bits per heavy atom. The fourth-order valence-corrected chi connectivity index (χ4v) is 9.58. The van der Waals surface area contributed by atoms with Gasteiger partial charge < -0.3 is 20.3 Å². The van der Waals surface area contributed by atoms with E-state index in [1.807, 2.05) is 0 Å². The Morgan fingerprint density at radius 3 is 0.938 bits per heavy atom. The maximum absolute atomic E-state index is 12.5. The number of ether oxygens (including phenoxy) is 1. The van der Waals surface area contributed by atoms with E-state index in [1.165, 1.54) is 257 Å². The normalized spacial score (nSPS) is 12.5. The lowest BCUT2D eigenvalue weighted by molar-refractivity contribution is -0.143. The number of carbonyl (C=O) groups excluding carboxylic acids is 2. The fourth-order valence-electron chi connectivity index (χ4n) is 9.58. The van der Waals surface area contributed by atoms with E-state index < -0.39 is 12.1 Å². The maximum atomic E-state index is 12.5. The predicted octanol–water partition coefficient (Wildman–Crippen LogP) is 18.3. The molecule has 0 aliphatic rings. The van der Waals surface area contributed by atoms with Crippen molar-refractivity contribution in [2.45, 2.75) is 353 Å². The minimum absolute atomic E-state index is 0.000616. The highest BCUT2D eigenvalue weighted by Gasteiger charge is 2.20. The second kappa shape index (κ2) is 55.5. The first-order valence-corrected chi connectivity index (χ1v) is 29.8. The van der Waals surface area contributed by atoms with Crippen LogP contribution in [0.3, 0.4) is 0 Å². The zero-order chi connectivity index (χ0) is 47.2. The van der Waals surface area contributed by atoms with Crippen LogP contribution in [0.25, 0.3) is 0 Å². The van der Waals surface area contributed by atoms with Crippen LogP contribution in [0.15, 0.2) is 0 Å². The van der Waals surface area contributed by atoms with E-state index in [0.717, 1.165) is 51.4 Å². The fraction of sp³-hybridized carbons (Fsp3) is 0.966. The highest BCUT2D eigenvalue weighted by Crippen LogP contribution is 2.18. The summed E-state index contributed by atoms with van der Waals surface area (Å²) in [6, 6.07) is -0.550. The average Bonchev–Trinajstić information content (AvgIpc) is 3.31. The first-order chi connectivity index (χ1) is 32.0. The molecule has 2 unspecified atom stereocenters. The minimum atomic E-state index is -0.672. The molecule has 0 radical (unpaired) electrons. The molecule has 0 fully saturated rings. The molecule has 1 amide bonds. The van der Waals surface area contributed by atoms with Crippen molar-refractivity contribution in [1.82, 2.24) is 5.32 Å². The molecule has 0 aromatic carbocycles. The van der Waals surface area contributed by atoms with Gasteiger partial charge >= 0.3 is 5.97 Å². The third-order valence-electron chi connectivity index (χ3n) is 14.2. The minimum Gasteiger partial charge on any atom is -0.466 e. The first-order valence-electron chi connectivity index (χ1n) is 29.8. The molecule has 0 rings (SSSR count). The molecule has 6 nitrogen and oxygen atoms in total. The zero-order valence-electron chi connectivity index (χ0n) is 44.3. The van der Waals surface area contributed by atoms with Gasteiger partial charge in [0.15, 0.2) is 0 Å². The third kappa shape index (κ3) is 52.1. The number of aliphatic hydroxyl groups excluding tert-OH is 2. The van der Waals surface area contributed by atoms with Crippen LogP contribution >= 0.6 is 0 Å². The van der Waals surface area contributed by atoms with E-state index >= 15 is 0 Å². The molecule has 0 aliphatic carbocycles. The molecular formula is C59H117NO5. The topological polar surface area (TPSA) is 95.9 Å². The number of hydrogen-bond donors (Lipinski definition) is 3. The monoisotopic (exact) mass is 920 g/mol. The second-order valence-corrected chi connectivity index (χ2v) is 20.7. The van der Waals surface area contributed by atoms with E-state index in [2.05, 4.69) is 19.2 Å². The smallest absolute Gasteiger partial charge is 0.305 e. The van der Waals surface area contributed by atoms with Gasteiger partial charge in [0.25, 0.3) is 0 Å². The van der Waals surface area contributed by atoms with Crippen LogP contribution in [0.2, 0.25) is 0 Å². The number of unbranched alkanes of at least 4 members (excludes halogenated alkanes) is 45. The van der Waals surface area contributed by atoms with E-state index in [1.54, 1.807) is 0 Å². The third-order valence-corrected chi connectivity index (χ3v) is 14.2. The molecule has 0 saturated heterocycles. The summed E-state index contributed by atoms with van der Waals surface area (Å²) in [5.74, 6) is -0.0441. The maximum Gasteiger partial charge on any atom is 0.305 e. The van der Waals surface area contributed by atoms with Crippen molar-refractivity contribution in [3.63, 3.8) is 0 Å². The van der Waals surface area contributed by atoms with Crippen LogP contribution in [0.4, 0.5) is 0 Å². The molecule has 0 saturated carbocycles. The van der Waals surface area contributed by atoms with E-state index in [0.29, 0.717) is 25.9 Å². The number of carbonyl (C=O) groups is 2. The van der Waals surface area contributed by atoms with E-state index in [-0.39, 0.29) is 18.5 Å². The highest BCUT2D eigenvalue weighted by molar-refractivity contribution is 5.76. The van der Waals surface area contributed by atoms with Crippen molar-refractivity contribution in [2.24, 2.45) is 0 Å². The number of rotatable bonds is 56. The number of hydrogen-bond acceptors (Lipinski definition) is 5. The molecule has 388 valence electrons. The van der Waals surface area contributed by atoms with Gasteiger partial charge in [0.1, 0.15) is 0 Å². The Kier molecular flexibility index (Phi) is 54.5. The summed E-state index contributed by atoms with van der Waals surface area (Å²) in [5.41, 5.74) is 0. The molecule has 0 aliphatic heterocycles. The van der Waals surface area contributed by atoms with E-state index in [4.69, 9.17) is 4.74 Å². The van der Waals surface area contributed by atoms with Crippen molar-refractivity contribution >= 4 is 11.9 Å². The lowest BCUT2D eigenvalue weighted by atomic mass is 10.0. The molecule has 2 atom stereocenters. The number of nitrogens with one attached hydrogen (secondary N) is 1. The summed E-state index contributed by atoms with van der Waals surface area (Å²) >= 11 is 0. The van der Waals surface area contributed by atoms with Gasteiger partial charge in [0.2, 0.25) is 5.91 Å². The second-order valence-electron chi connectivity index (χ2n) is 20.7. The Balaban J connectivity index is 3.42. The summed E-state index contributed by atoms with van der Waals surface area (Å²) in [6.45, 7) is 4.96. The largest absolute Gasteiger partial charge is 0.466 e. The molecule has 0 aromatic heterocycles. The van der Waals surface area contributed by atoms with Gasteiger partial charge in [-0.05, 0) is 25.7 Å². The van der Waals surface area contributed by atoms with Crippen LogP contribution in [0.1, 0.15) is 341 Å². The van der Waals surface area contributed by atoms with Gasteiger partial charge in [-0.15, -0.1) is 0 Å². The Morgan fingerprint density at radius 1 is 0.369 bits per heavy atom. The van der Waals surface area contributed by atoms with E-state index in [9.17, 15) is 19.8 Å². The number of esters is 1. The summed E-state index contributed by atoms with van der Waals surface area (Å²) < 4.78 is 5.48. The van der Waals surface area contributed by atoms with Gasteiger partial charge in [-0.1, -0.05) is 303 Å². The van der Waals surface area contributed by atoms with Crippen molar-refractivity contribution in [3.8, 4) is 0 Å². The SMILES string of the molecule is CCCCCCCCCCCCCCCCCCCCCC(O)C(CO)NC(=O)CCCCCCCCCCCCCCCOC(=O)CCCCCCCCCCCCCCCCCC. The van der Waals surface area contributed by atoms with Crippen LogP contribution in [0, 0.1) is 0 Å². The van der Waals surface area contributed by atoms with Crippen LogP contribution < -0.4 is 5.32 Å². The van der Waals surface area contributed by atoms with Crippen molar-refractivity contribution in [1.29, 1.82) is 0 Å². The molecule has 3 N–H and O–H groups in total. The van der Waals surface area contributed by atoms with Gasteiger partial charge in [0, 0.05) is 12.8 Å². The lowest BCUT2D eigenvalue weighted by Crippen LogP contribution is -2.45. The summed E-state index contributed by atoms with van der Waals surface area (Å²) in [7, 11) is 0. The number of aliphatic hydroxyl groups is 2. The summed E-state index contributed by atoms with van der Waals surface area (Å²) in [4.78, 5) is 24.6. The summed E-state index contributed by atoms with van der Waals surface area (Å²) in [5, 5.41) is 23.3. The van der Waals surface area contributed by atoms with Gasteiger partial charge in [0.05, 0.1) is 25.4 Å². The van der Waals surface area contributed by atoms with Crippen LogP contribution in [0.5, 0.6) is 0 Å². The van der Waals surface area contributed by atoms with Crippen LogP contribution in [-0.4, -0.2) is 47.4 Å². The standard InChI is InChI=1S/C59H117NO5/c1-3-5-7-9-11-13-15-17-19-21-22-23-24-27-31-35-39-43-47-51-57(62)56(55-61)60-58(63)52-48-44-40-36-32-28-26-30-34-38-42-46-50-54-65-59(64)53-49-45-41-37-33-29-25-20-18-16-14-12-10-8-6-4-2/h56-57,61-62H,3-55H2,1-2H3,(H,60,63). The Labute approximate surface area is 406 Å². The highest BCUT2D eigenvalue weighted by atomic mass is 16.5. The molecule has 6 heteroatoms. The van der Waals surface area contributed by atoms with Gasteiger partial charge in [-0.3, -0.25) is 9.59 Å².